The average molecular weight is 512 g/mol. The van der Waals surface area contributed by atoms with Crippen molar-refractivity contribution in [1.29, 1.82) is 0 Å². The van der Waals surface area contributed by atoms with E-state index >= 15 is 0 Å². The molecule has 0 bridgehead atoms. The number of likely N-dealkylation sites (tertiary alicyclic amines) is 1. The molecule has 7 heteroatoms. The first-order valence-electron chi connectivity index (χ1n) is 12.8. The standard InChI is InChI=1S/C29H38ClN3O3/c1-21(2)28-31-11-13-33(28)14-15-35-25-8-6-24(7-9-25)18-32-12-5-10-29(34,19-32)20-36-26-16-22(3)27(30)23(4)17-26/h6-9,11,13,16-17,21,34H,5,10,12,14-15,18-20H2,1-4H3/t29-/m1/s1. The summed E-state index contributed by atoms with van der Waals surface area (Å²) >= 11 is 6.27. The highest BCUT2D eigenvalue weighted by molar-refractivity contribution is 6.32. The molecular formula is C29H38ClN3O3. The Labute approximate surface area is 219 Å². The summed E-state index contributed by atoms with van der Waals surface area (Å²) in [5.74, 6) is 3.09. The lowest BCUT2D eigenvalue weighted by Gasteiger charge is -2.39. The molecule has 4 rings (SSSR count). The molecule has 1 aromatic heterocycles. The number of β-amino-alcohol motifs (C(OH)–C–C–N with tert-alkyl or cyclic N) is 1. The lowest BCUT2D eigenvalue weighted by Crippen LogP contribution is -2.51. The predicted octanol–water partition coefficient (Wildman–Crippen LogP) is 5.76. The summed E-state index contributed by atoms with van der Waals surface area (Å²) in [7, 11) is 0. The van der Waals surface area contributed by atoms with E-state index in [1.807, 2.05) is 50.5 Å². The average Bonchev–Trinajstić information content (AvgIpc) is 3.31. The van der Waals surface area contributed by atoms with E-state index in [4.69, 9.17) is 21.1 Å². The molecular weight excluding hydrogens is 474 g/mol. The summed E-state index contributed by atoms with van der Waals surface area (Å²) in [5.41, 5.74) is 2.30. The number of hydrogen-bond acceptors (Lipinski definition) is 5. The monoisotopic (exact) mass is 511 g/mol. The summed E-state index contributed by atoms with van der Waals surface area (Å²) < 4.78 is 14.1. The number of rotatable bonds is 10. The highest BCUT2D eigenvalue weighted by Gasteiger charge is 2.34. The summed E-state index contributed by atoms with van der Waals surface area (Å²) in [6.07, 6.45) is 5.52. The molecule has 1 fully saturated rings. The summed E-state index contributed by atoms with van der Waals surface area (Å²) in [6, 6.07) is 12.1. The van der Waals surface area contributed by atoms with Crippen LogP contribution in [-0.4, -0.2) is 51.5 Å². The van der Waals surface area contributed by atoms with Crippen LogP contribution in [0.1, 0.15) is 55.1 Å². The zero-order chi connectivity index (χ0) is 25.7. The van der Waals surface area contributed by atoms with Crippen LogP contribution in [0.2, 0.25) is 5.02 Å². The van der Waals surface area contributed by atoms with Crippen LogP contribution in [0.4, 0.5) is 0 Å². The second kappa shape index (κ2) is 11.7. The van der Waals surface area contributed by atoms with E-state index in [0.717, 1.165) is 65.9 Å². The first-order valence-corrected chi connectivity index (χ1v) is 13.2. The topological polar surface area (TPSA) is 59.8 Å². The lowest BCUT2D eigenvalue weighted by molar-refractivity contribution is -0.0621. The van der Waals surface area contributed by atoms with Crippen LogP contribution in [0.15, 0.2) is 48.8 Å². The van der Waals surface area contributed by atoms with Crippen molar-refractivity contribution in [2.24, 2.45) is 0 Å². The van der Waals surface area contributed by atoms with Gasteiger partial charge in [-0.05, 0) is 74.2 Å². The highest BCUT2D eigenvalue weighted by Crippen LogP contribution is 2.28. The predicted molar refractivity (Wildman–Crippen MR) is 144 cm³/mol. The van der Waals surface area contributed by atoms with Gasteiger partial charge in [0.1, 0.15) is 36.1 Å². The fourth-order valence-electron chi connectivity index (χ4n) is 4.89. The third-order valence-corrected chi connectivity index (χ3v) is 7.34. The van der Waals surface area contributed by atoms with E-state index in [1.165, 1.54) is 5.56 Å². The van der Waals surface area contributed by atoms with Gasteiger partial charge in [-0.1, -0.05) is 37.6 Å². The summed E-state index contributed by atoms with van der Waals surface area (Å²) in [4.78, 5) is 6.73. The third kappa shape index (κ3) is 6.81. The van der Waals surface area contributed by atoms with E-state index in [2.05, 4.69) is 40.4 Å². The molecule has 194 valence electrons. The van der Waals surface area contributed by atoms with Crippen LogP contribution < -0.4 is 9.47 Å². The highest BCUT2D eigenvalue weighted by atomic mass is 35.5. The second-order valence-electron chi connectivity index (χ2n) is 10.3. The van der Waals surface area contributed by atoms with Crippen LogP contribution in [0.3, 0.4) is 0 Å². The second-order valence-corrected chi connectivity index (χ2v) is 10.7. The molecule has 2 aromatic carbocycles. The first kappa shape index (κ1) is 26.5. The molecule has 0 radical (unpaired) electrons. The van der Waals surface area contributed by atoms with E-state index in [-0.39, 0.29) is 6.61 Å². The van der Waals surface area contributed by atoms with Crippen molar-refractivity contribution in [1.82, 2.24) is 14.5 Å². The Morgan fingerprint density at radius 2 is 1.81 bits per heavy atom. The minimum absolute atomic E-state index is 0.270. The smallest absolute Gasteiger partial charge is 0.120 e. The maximum absolute atomic E-state index is 11.2. The van der Waals surface area contributed by atoms with Crippen molar-refractivity contribution in [3.05, 3.63) is 76.3 Å². The Kier molecular flexibility index (Phi) is 8.60. The fourth-order valence-corrected chi connectivity index (χ4v) is 5.00. The van der Waals surface area contributed by atoms with E-state index in [1.54, 1.807) is 0 Å². The molecule has 0 spiro atoms. The van der Waals surface area contributed by atoms with Gasteiger partial charge >= 0.3 is 0 Å². The molecule has 1 aliphatic heterocycles. The number of ether oxygens (including phenoxy) is 2. The van der Waals surface area contributed by atoms with Crippen molar-refractivity contribution < 1.29 is 14.6 Å². The number of benzene rings is 2. The van der Waals surface area contributed by atoms with Gasteiger partial charge < -0.3 is 19.1 Å². The van der Waals surface area contributed by atoms with Crippen LogP contribution in [0, 0.1) is 13.8 Å². The Morgan fingerprint density at radius 1 is 1.08 bits per heavy atom. The van der Waals surface area contributed by atoms with Crippen LogP contribution in [-0.2, 0) is 13.1 Å². The van der Waals surface area contributed by atoms with Crippen LogP contribution >= 0.6 is 11.6 Å². The lowest BCUT2D eigenvalue weighted by atomic mass is 9.93. The first-order chi connectivity index (χ1) is 17.2. The summed E-state index contributed by atoms with van der Waals surface area (Å²) in [5, 5.41) is 12.0. The Balaban J connectivity index is 1.26. The SMILES string of the molecule is Cc1cc(OC[C@@]2(O)CCCN(Cc3ccc(OCCn4ccnc4C(C)C)cc3)C2)cc(C)c1Cl. The molecule has 2 heterocycles. The van der Waals surface area contributed by atoms with E-state index in [9.17, 15) is 5.11 Å². The van der Waals surface area contributed by atoms with Gasteiger partial charge in [0.25, 0.3) is 0 Å². The van der Waals surface area contributed by atoms with Gasteiger partial charge in [-0.2, -0.15) is 0 Å². The van der Waals surface area contributed by atoms with Crippen LogP contribution in [0.25, 0.3) is 0 Å². The number of aryl methyl sites for hydroxylation is 2. The summed E-state index contributed by atoms with van der Waals surface area (Å²) in [6.45, 7) is 12.2. The van der Waals surface area contributed by atoms with Crippen molar-refractivity contribution in [3.8, 4) is 11.5 Å². The van der Waals surface area contributed by atoms with Gasteiger partial charge in [0.15, 0.2) is 0 Å². The van der Waals surface area contributed by atoms with Gasteiger partial charge in [0, 0.05) is 36.4 Å². The van der Waals surface area contributed by atoms with Crippen LogP contribution in [0.5, 0.6) is 11.5 Å². The Bertz CT molecular complexity index is 1120. The maximum Gasteiger partial charge on any atom is 0.120 e. The van der Waals surface area contributed by atoms with E-state index in [0.29, 0.717) is 19.1 Å². The number of hydrogen-bond donors (Lipinski definition) is 1. The van der Waals surface area contributed by atoms with Gasteiger partial charge in [-0.15, -0.1) is 0 Å². The van der Waals surface area contributed by atoms with Gasteiger partial charge in [-0.25, -0.2) is 4.98 Å². The zero-order valence-corrected chi connectivity index (χ0v) is 22.6. The number of halogens is 1. The Morgan fingerprint density at radius 3 is 2.50 bits per heavy atom. The van der Waals surface area contributed by atoms with Gasteiger partial charge in [-0.3, -0.25) is 4.90 Å². The molecule has 1 saturated heterocycles. The van der Waals surface area contributed by atoms with Crippen molar-refractivity contribution in [2.75, 3.05) is 26.3 Å². The largest absolute Gasteiger partial charge is 0.492 e. The molecule has 6 nitrogen and oxygen atoms in total. The zero-order valence-electron chi connectivity index (χ0n) is 21.8. The normalized spacial score (nSPS) is 18.5. The molecule has 36 heavy (non-hydrogen) atoms. The molecule has 0 unspecified atom stereocenters. The van der Waals surface area contributed by atoms with Crippen molar-refractivity contribution >= 4 is 11.6 Å². The molecule has 0 aliphatic carbocycles. The number of imidazole rings is 1. The Hall–Kier alpha value is -2.54. The quantitative estimate of drug-likeness (QED) is 0.375. The van der Waals surface area contributed by atoms with Crippen molar-refractivity contribution in [2.45, 2.75) is 65.1 Å². The molecule has 0 saturated carbocycles. The third-order valence-electron chi connectivity index (χ3n) is 6.75. The molecule has 0 amide bonds. The molecule has 3 aromatic rings. The number of aromatic nitrogens is 2. The number of piperidine rings is 1. The molecule has 1 atom stereocenters. The molecule has 1 aliphatic rings. The van der Waals surface area contributed by atoms with Gasteiger partial charge in [0.2, 0.25) is 0 Å². The van der Waals surface area contributed by atoms with Gasteiger partial charge in [0.05, 0.1) is 6.54 Å². The van der Waals surface area contributed by atoms with E-state index < -0.39 is 5.60 Å². The van der Waals surface area contributed by atoms with Crippen molar-refractivity contribution in [3.63, 3.8) is 0 Å². The molecule has 1 N–H and O–H groups in total. The number of nitrogens with zero attached hydrogens (tertiary/aromatic N) is 3. The minimum atomic E-state index is -0.870. The maximum atomic E-state index is 11.2. The number of aliphatic hydroxyl groups is 1. The fraction of sp³-hybridized carbons (Fsp3) is 0.483. The minimum Gasteiger partial charge on any atom is -0.492 e.